The molecular formula is C15H23BrN2. The van der Waals surface area contributed by atoms with Crippen molar-refractivity contribution in [1.29, 1.82) is 0 Å². The van der Waals surface area contributed by atoms with Gasteiger partial charge in [-0.05, 0) is 64.5 Å². The van der Waals surface area contributed by atoms with Crippen LogP contribution in [0, 0.1) is 0 Å². The van der Waals surface area contributed by atoms with Crippen LogP contribution in [0.5, 0.6) is 0 Å². The van der Waals surface area contributed by atoms with Crippen molar-refractivity contribution >= 4 is 15.9 Å². The fraction of sp³-hybridized carbons (Fsp3) is 0.600. The summed E-state index contributed by atoms with van der Waals surface area (Å²) in [6.07, 6.45) is 4.97. The van der Waals surface area contributed by atoms with E-state index in [0.717, 1.165) is 4.47 Å². The number of hydrogen-bond acceptors (Lipinski definition) is 2. The second kappa shape index (κ2) is 5.72. The number of halogens is 1. The van der Waals surface area contributed by atoms with Crippen molar-refractivity contribution in [3.8, 4) is 0 Å². The standard InChI is InChI=1S/C15H23BrN2/c1-17-14-8-10-15(11-9-14,18(2)3)12-4-6-13(16)7-5-12/h4-7,14,17H,8-11H2,1-3H3. The first kappa shape index (κ1) is 14.0. The van der Waals surface area contributed by atoms with Crippen LogP contribution in [0.3, 0.4) is 0 Å². The minimum absolute atomic E-state index is 0.216. The molecule has 100 valence electrons. The molecule has 0 spiro atoms. The molecule has 1 aliphatic carbocycles. The second-order valence-electron chi connectivity index (χ2n) is 5.50. The number of hydrogen-bond donors (Lipinski definition) is 1. The van der Waals surface area contributed by atoms with Gasteiger partial charge in [0.1, 0.15) is 0 Å². The van der Waals surface area contributed by atoms with E-state index >= 15 is 0 Å². The zero-order valence-electron chi connectivity index (χ0n) is 11.5. The van der Waals surface area contributed by atoms with E-state index in [1.165, 1.54) is 31.2 Å². The summed E-state index contributed by atoms with van der Waals surface area (Å²) >= 11 is 3.52. The average Bonchev–Trinajstić information content (AvgIpc) is 2.39. The predicted octanol–water partition coefficient (Wildman–Crippen LogP) is 3.37. The minimum atomic E-state index is 0.216. The lowest BCUT2D eigenvalue weighted by molar-refractivity contribution is 0.0870. The Labute approximate surface area is 119 Å². The van der Waals surface area contributed by atoms with Gasteiger partial charge in [-0.2, -0.15) is 0 Å². The molecule has 1 saturated carbocycles. The van der Waals surface area contributed by atoms with E-state index in [4.69, 9.17) is 0 Å². The van der Waals surface area contributed by atoms with Crippen LogP contribution in [0.15, 0.2) is 28.7 Å². The molecule has 0 atom stereocenters. The van der Waals surface area contributed by atoms with Gasteiger partial charge in [-0.15, -0.1) is 0 Å². The Morgan fingerprint density at radius 2 is 1.72 bits per heavy atom. The molecule has 1 aliphatic rings. The van der Waals surface area contributed by atoms with Gasteiger partial charge < -0.3 is 5.32 Å². The fourth-order valence-corrected chi connectivity index (χ4v) is 3.40. The third-order valence-corrected chi connectivity index (χ3v) is 4.99. The zero-order valence-corrected chi connectivity index (χ0v) is 13.1. The SMILES string of the molecule is CNC1CCC(c2ccc(Br)cc2)(N(C)C)CC1. The van der Waals surface area contributed by atoms with E-state index in [-0.39, 0.29) is 5.54 Å². The second-order valence-corrected chi connectivity index (χ2v) is 6.41. The summed E-state index contributed by atoms with van der Waals surface area (Å²) in [6.45, 7) is 0. The van der Waals surface area contributed by atoms with Crippen molar-refractivity contribution in [3.05, 3.63) is 34.3 Å². The van der Waals surface area contributed by atoms with Gasteiger partial charge in [0.15, 0.2) is 0 Å². The highest BCUT2D eigenvalue weighted by molar-refractivity contribution is 9.10. The van der Waals surface area contributed by atoms with Gasteiger partial charge in [0.25, 0.3) is 0 Å². The third kappa shape index (κ3) is 2.63. The molecule has 2 rings (SSSR count). The van der Waals surface area contributed by atoms with Crippen molar-refractivity contribution in [2.24, 2.45) is 0 Å². The van der Waals surface area contributed by atoms with Crippen molar-refractivity contribution < 1.29 is 0 Å². The Bertz CT molecular complexity index is 378. The molecule has 0 heterocycles. The molecule has 1 fully saturated rings. The predicted molar refractivity (Wildman–Crippen MR) is 80.8 cm³/mol. The monoisotopic (exact) mass is 310 g/mol. The largest absolute Gasteiger partial charge is 0.317 e. The summed E-state index contributed by atoms with van der Waals surface area (Å²) in [4.78, 5) is 2.40. The van der Waals surface area contributed by atoms with Gasteiger partial charge in [-0.1, -0.05) is 28.1 Å². The zero-order chi connectivity index (χ0) is 13.2. The maximum absolute atomic E-state index is 3.52. The average molecular weight is 311 g/mol. The molecule has 1 aromatic carbocycles. The van der Waals surface area contributed by atoms with Crippen molar-refractivity contribution in [3.63, 3.8) is 0 Å². The van der Waals surface area contributed by atoms with Gasteiger partial charge >= 0.3 is 0 Å². The number of rotatable bonds is 3. The Morgan fingerprint density at radius 3 is 2.17 bits per heavy atom. The van der Waals surface area contributed by atoms with Gasteiger partial charge in [0, 0.05) is 16.1 Å². The number of benzene rings is 1. The molecule has 0 radical (unpaired) electrons. The third-order valence-electron chi connectivity index (χ3n) is 4.46. The lowest BCUT2D eigenvalue weighted by Gasteiger charge is -2.45. The minimum Gasteiger partial charge on any atom is -0.317 e. The highest BCUT2D eigenvalue weighted by Crippen LogP contribution is 2.41. The molecule has 0 bridgehead atoms. The van der Waals surface area contributed by atoms with Crippen LogP contribution in [0.25, 0.3) is 0 Å². The van der Waals surface area contributed by atoms with Crippen LogP contribution >= 0.6 is 15.9 Å². The Morgan fingerprint density at radius 1 is 1.17 bits per heavy atom. The molecule has 0 unspecified atom stereocenters. The molecule has 0 amide bonds. The van der Waals surface area contributed by atoms with Gasteiger partial charge in [0.05, 0.1) is 0 Å². The van der Waals surface area contributed by atoms with Crippen LogP contribution in [-0.2, 0) is 5.54 Å². The van der Waals surface area contributed by atoms with Gasteiger partial charge in [-0.25, -0.2) is 0 Å². The highest BCUT2D eigenvalue weighted by Gasteiger charge is 2.38. The first-order valence-electron chi connectivity index (χ1n) is 6.69. The van der Waals surface area contributed by atoms with Gasteiger partial charge in [-0.3, -0.25) is 4.90 Å². The Hall–Kier alpha value is -0.380. The molecule has 3 heteroatoms. The molecular weight excluding hydrogens is 288 g/mol. The van der Waals surface area contributed by atoms with Crippen LogP contribution in [0.1, 0.15) is 31.2 Å². The van der Waals surface area contributed by atoms with E-state index < -0.39 is 0 Å². The summed E-state index contributed by atoms with van der Waals surface area (Å²) in [6, 6.07) is 9.54. The van der Waals surface area contributed by atoms with Crippen LogP contribution in [-0.4, -0.2) is 32.1 Å². The first-order valence-corrected chi connectivity index (χ1v) is 7.48. The topological polar surface area (TPSA) is 15.3 Å². The fourth-order valence-electron chi connectivity index (χ4n) is 3.14. The van der Waals surface area contributed by atoms with Crippen molar-refractivity contribution in [2.75, 3.05) is 21.1 Å². The molecule has 0 saturated heterocycles. The number of nitrogens with zero attached hydrogens (tertiary/aromatic N) is 1. The van der Waals surface area contributed by atoms with Crippen LogP contribution < -0.4 is 5.32 Å². The molecule has 0 aliphatic heterocycles. The van der Waals surface area contributed by atoms with Crippen LogP contribution in [0.4, 0.5) is 0 Å². The van der Waals surface area contributed by atoms with Gasteiger partial charge in [0.2, 0.25) is 0 Å². The van der Waals surface area contributed by atoms with E-state index in [2.05, 4.69) is 71.6 Å². The molecule has 0 aromatic heterocycles. The van der Waals surface area contributed by atoms with E-state index in [9.17, 15) is 0 Å². The molecule has 1 aromatic rings. The van der Waals surface area contributed by atoms with Crippen molar-refractivity contribution in [2.45, 2.75) is 37.3 Å². The lowest BCUT2D eigenvalue weighted by atomic mass is 9.74. The lowest BCUT2D eigenvalue weighted by Crippen LogP contribution is -2.47. The summed E-state index contributed by atoms with van der Waals surface area (Å²) < 4.78 is 1.16. The Balaban J connectivity index is 2.26. The summed E-state index contributed by atoms with van der Waals surface area (Å²) in [5.74, 6) is 0. The number of nitrogens with one attached hydrogen (secondary N) is 1. The summed E-state index contributed by atoms with van der Waals surface area (Å²) in [5, 5.41) is 3.42. The van der Waals surface area contributed by atoms with Crippen LogP contribution in [0.2, 0.25) is 0 Å². The van der Waals surface area contributed by atoms with E-state index in [1.807, 2.05) is 0 Å². The Kier molecular flexibility index (Phi) is 4.46. The summed E-state index contributed by atoms with van der Waals surface area (Å²) in [7, 11) is 6.50. The maximum Gasteiger partial charge on any atom is 0.0455 e. The first-order chi connectivity index (χ1) is 8.58. The molecule has 18 heavy (non-hydrogen) atoms. The van der Waals surface area contributed by atoms with E-state index in [1.54, 1.807) is 0 Å². The molecule has 2 nitrogen and oxygen atoms in total. The highest BCUT2D eigenvalue weighted by atomic mass is 79.9. The quantitative estimate of drug-likeness (QED) is 0.921. The normalized spacial score (nSPS) is 28.6. The van der Waals surface area contributed by atoms with E-state index in [0.29, 0.717) is 6.04 Å². The summed E-state index contributed by atoms with van der Waals surface area (Å²) in [5.41, 5.74) is 1.67. The maximum atomic E-state index is 3.52. The van der Waals surface area contributed by atoms with Crippen molar-refractivity contribution in [1.82, 2.24) is 10.2 Å². The smallest absolute Gasteiger partial charge is 0.0455 e. The molecule has 1 N–H and O–H groups in total.